The molecule has 2 unspecified atom stereocenters. The van der Waals surface area contributed by atoms with Gasteiger partial charge in [0.25, 0.3) is 0 Å². The van der Waals surface area contributed by atoms with Gasteiger partial charge in [-0.3, -0.25) is 0 Å². The van der Waals surface area contributed by atoms with Gasteiger partial charge in [0, 0.05) is 5.54 Å². The third-order valence-electron chi connectivity index (χ3n) is 3.42. The van der Waals surface area contributed by atoms with Gasteiger partial charge in [0.15, 0.2) is 0 Å². The topological polar surface area (TPSA) is 44.5 Å². The lowest BCUT2D eigenvalue weighted by atomic mass is 9.96. The van der Waals surface area contributed by atoms with Crippen molar-refractivity contribution in [1.82, 2.24) is 0 Å². The lowest BCUT2D eigenvalue weighted by Gasteiger charge is -2.26. The zero-order valence-corrected chi connectivity index (χ0v) is 10.3. The van der Waals surface area contributed by atoms with Gasteiger partial charge in [-0.2, -0.15) is 0 Å². The third-order valence-corrected chi connectivity index (χ3v) is 3.42. The molecule has 1 aliphatic rings. The molecule has 1 rings (SSSR count). The van der Waals surface area contributed by atoms with Crippen LogP contribution in [-0.2, 0) is 9.47 Å². The normalized spacial score (nSPS) is 27.2. The maximum Gasteiger partial charge on any atom is 0.0813 e. The molecule has 0 aromatic rings. The van der Waals surface area contributed by atoms with E-state index in [-0.39, 0.29) is 11.6 Å². The summed E-state index contributed by atoms with van der Waals surface area (Å²) in [6.45, 7) is 7.69. The quantitative estimate of drug-likeness (QED) is 0.738. The van der Waals surface area contributed by atoms with Crippen LogP contribution >= 0.6 is 0 Å². The third kappa shape index (κ3) is 4.09. The molecule has 1 heterocycles. The predicted molar refractivity (Wildman–Crippen MR) is 61.9 cm³/mol. The molecule has 0 aromatic heterocycles. The van der Waals surface area contributed by atoms with Crippen LogP contribution in [0.25, 0.3) is 0 Å². The zero-order valence-electron chi connectivity index (χ0n) is 10.3. The van der Waals surface area contributed by atoms with Gasteiger partial charge in [-0.05, 0) is 32.6 Å². The molecular weight excluding hydrogens is 190 g/mol. The van der Waals surface area contributed by atoms with E-state index in [1.165, 1.54) is 0 Å². The molecule has 90 valence electrons. The highest BCUT2D eigenvalue weighted by atomic mass is 16.5. The van der Waals surface area contributed by atoms with Crippen molar-refractivity contribution >= 4 is 0 Å². The summed E-state index contributed by atoms with van der Waals surface area (Å²) in [5.41, 5.74) is 5.99. The Morgan fingerprint density at radius 3 is 2.47 bits per heavy atom. The Bertz CT molecular complexity index is 180. The fourth-order valence-corrected chi connectivity index (χ4v) is 1.86. The first-order chi connectivity index (χ1) is 7.09. The van der Waals surface area contributed by atoms with Crippen molar-refractivity contribution in [2.24, 2.45) is 5.73 Å². The van der Waals surface area contributed by atoms with Crippen molar-refractivity contribution in [3.63, 3.8) is 0 Å². The van der Waals surface area contributed by atoms with E-state index < -0.39 is 0 Å². The Labute approximate surface area is 93.3 Å². The molecule has 0 amide bonds. The molecule has 1 fully saturated rings. The van der Waals surface area contributed by atoms with Gasteiger partial charge in [-0.1, -0.05) is 13.8 Å². The number of rotatable bonds is 6. The monoisotopic (exact) mass is 215 g/mol. The van der Waals surface area contributed by atoms with Crippen LogP contribution in [0, 0.1) is 0 Å². The molecule has 0 spiro atoms. The number of hydrogen-bond donors (Lipinski definition) is 1. The highest BCUT2D eigenvalue weighted by Gasteiger charge is 2.24. The van der Waals surface area contributed by atoms with E-state index in [0.717, 1.165) is 25.7 Å². The maximum absolute atomic E-state index is 6.14. The van der Waals surface area contributed by atoms with Crippen molar-refractivity contribution in [2.45, 2.75) is 64.2 Å². The van der Waals surface area contributed by atoms with E-state index in [9.17, 15) is 0 Å². The van der Waals surface area contributed by atoms with Crippen LogP contribution in [0.5, 0.6) is 0 Å². The smallest absolute Gasteiger partial charge is 0.0813 e. The zero-order chi connectivity index (χ0) is 11.3. The first kappa shape index (κ1) is 12.9. The van der Waals surface area contributed by atoms with Crippen LogP contribution in [-0.4, -0.2) is 31.0 Å². The minimum atomic E-state index is -0.149. The van der Waals surface area contributed by atoms with E-state index in [4.69, 9.17) is 15.2 Å². The molecule has 3 heteroatoms. The van der Waals surface area contributed by atoms with Gasteiger partial charge in [-0.25, -0.2) is 0 Å². The standard InChI is InChI=1S/C12H25NO2/c1-4-12(13,5-2)9-14-8-11-7-6-10(3)15-11/h10-11H,4-9,13H2,1-3H3. The van der Waals surface area contributed by atoms with E-state index in [0.29, 0.717) is 19.3 Å². The van der Waals surface area contributed by atoms with E-state index in [1.807, 2.05) is 0 Å². The van der Waals surface area contributed by atoms with Crippen LogP contribution in [0.15, 0.2) is 0 Å². The van der Waals surface area contributed by atoms with Crippen LogP contribution in [0.4, 0.5) is 0 Å². The second-order valence-corrected chi connectivity index (χ2v) is 4.73. The molecule has 0 aromatic carbocycles. The van der Waals surface area contributed by atoms with Crippen molar-refractivity contribution in [3.8, 4) is 0 Å². The van der Waals surface area contributed by atoms with Gasteiger partial charge >= 0.3 is 0 Å². The van der Waals surface area contributed by atoms with E-state index >= 15 is 0 Å². The summed E-state index contributed by atoms with van der Waals surface area (Å²) in [6.07, 6.45) is 4.90. The van der Waals surface area contributed by atoms with E-state index in [2.05, 4.69) is 20.8 Å². The summed E-state index contributed by atoms with van der Waals surface area (Å²) < 4.78 is 11.3. The summed E-state index contributed by atoms with van der Waals surface area (Å²) in [5.74, 6) is 0. The lowest BCUT2D eigenvalue weighted by molar-refractivity contribution is -0.0219. The fourth-order valence-electron chi connectivity index (χ4n) is 1.86. The first-order valence-corrected chi connectivity index (χ1v) is 6.11. The molecule has 2 atom stereocenters. The van der Waals surface area contributed by atoms with Crippen LogP contribution < -0.4 is 5.73 Å². The van der Waals surface area contributed by atoms with Crippen LogP contribution in [0.1, 0.15) is 46.5 Å². The largest absolute Gasteiger partial charge is 0.377 e. The SMILES string of the molecule is CCC(N)(CC)COCC1CCC(C)O1. The molecule has 0 bridgehead atoms. The van der Waals surface area contributed by atoms with Gasteiger partial charge in [0.05, 0.1) is 25.4 Å². The second-order valence-electron chi connectivity index (χ2n) is 4.73. The highest BCUT2D eigenvalue weighted by molar-refractivity contribution is 4.80. The van der Waals surface area contributed by atoms with Gasteiger partial charge in [0.1, 0.15) is 0 Å². The average Bonchev–Trinajstić information content (AvgIpc) is 2.64. The number of hydrogen-bond acceptors (Lipinski definition) is 3. The molecule has 0 aliphatic carbocycles. The molecule has 15 heavy (non-hydrogen) atoms. The Hall–Kier alpha value is -0.120. The Balaban J connectivity index is 2.15. The summed E-state index contributed by atoms with van der Waals surface area (Å²) in [6, 6.07) is 0. The van der Waals surface area contributed by atoms with Gasteiger partial charge in [-0.15, -0.1) is 0 Å². The summed E-state index contributed by atoms with van der Waals surface area (Å²) in [4.78, 5) is 0. The molecular formula is C12H25NO2. The number of nitrogens with two attached hydrogens (primary N) is 1. The Kier molecular flexibility index (Phi) is 5.03. The maximum atomic E-state index is 6.14. The summed E-state index contributed by atoms with van der Waals surface area (Å²) in [7, 11) is 0. The highest BCUT2D eigenvalue weighted by Crippen LogP contribution is 2.20. The molecule has 3 nitrogen and oxygen atoms in total. The molecule has 0 saturated carbocycles. The molecule has 2 N–H and O–H groups in total. The predicted octanol–water partition coefficient (Wildman–Crippen LogP) is 2.09. The molecule has 0 radical (unpaired) electrons. The van der Waals surface area contributed by atoms with Crippen molar-refractivity contribution < 1.29 is 9.47 Å². The number of ether oxygens (including phenoxy) is 2. The van der Waals surface area contributed by atoms with Crippen LogP contribution in [0.3, 0.4) is 0 Å². The minimum absolute atomic E-state index is 0.149. The van der Waals surface area contributed by atoms with Crippen molar-refractivity contribution in [1.29, 1.82) is 0 Å². The van der Waals surface area contributed by atoms with Gasteiger partial charge < -0.3 is 15.2 Å². The minimum Gasteiger partial charge on any atom is -0.377 e. The Morgan fingerprint density at radius 2 is 2.00 bits per heavy atom. The fraction of sp³-hybridized carbons (Fsp3) is 1.00. The van der Waals surface area contributed by atoms with Gasteiger partial charge in [0.2, 0.25) is 0 Å². The summed E-state index contributed by atoms with van der Waals surface area (Å²) in [5, 5.41) is 0. The second kappa shape index (κ2) is 5.83. The molecule has 1 aliphatic heterocycles. The lowest BCUT2D eigenvalue weighted by Crippen LogP contribution is -2.43. The average molecular weight is 215 g/mol. The van der Waals surface area contributed by atoms with E-state index in [1.54, 1.807) is 0 Å². The van der Waals surface area contributed by atoms with Crippen molar-refractivity contribution in [3.05, 3.63) is 0 Å². The molecule has 1 saturated heterocycles. The first-order valence-electron chi connectivity index (χ1n) is 6.11. The Morgan fingerprint density at radius 1 is 1.33 bits per heavy atom. The van der Waals surface area contributed by atoms with Crippen LogP contribution in [0.2, 0.25) is 0 Å². The van der Waals surface area contributed by atoms with Crippen molar-refractivity contribution in [2.75, 3.05) is 13.2 Å². The summed E-state index contributed by atoms with van der Waals surface area (Å²) >= 11 is 0.